The molecular weight excluding hydrogens is 300 g/mol. The Kier molecular flexibility index (Phi) is 3.67. The molecule has 0 saturated carbocycles. The number of alkyl halides is 3. The monoisotopic (exact) mass is 307 g/mol. The van der Waals surface area contributed by atoms with Crippen molar-refractivity contribution in [3.05, 3.63) is 47.5 Å². The molecule has 1 aromatic carbocycles. The van der Waals surface area contributed by atoms with Crippen molar-refractivity contribution in [3.63, 3.8) is 0 Å². The highest BCUT2D eigenvalue weighted by atomic mass is 19.4. The number of halogens is 6. The highest BCUT2D eigenvalue weighted by Crippen LogP contribution is 2.33. The average molecular weight is 307 g/mol. The number of nitrogens with zero attached hydrogens (tertiary/aromatic N) is 1. The van der Waals surface area contributed by atoms with Crippen LogP contribution in [0.15, 0.2) is 24.4 Å². The minimum Gasteiger partial charge on any atom is -0.396 e. The molecule has 2 aromatic rings. The van der Waals surface area contributed by atoms with E-state index in [4.69, 9.17) is 5.73 Å². The number of anilines is 3. The Morgan fingerprint density at radius 2 is 1.57 bits per heavy atom. The summed E-state index contributed by atoms with van der Waals surface area (Å²) in [4.78, 5) is 3.07. The van der Waals surface area contributed by atoms with E-state index in [9.17, 15) is 26.3 Å². The van der Waals surface area contributed by atoms with Crippen LogP contribution in [0.2, 0.25) is 0 Å². The van der Waals surface area contributed by atoms with E-state index in [-0.39, 0.29) is 5.69 Å². The Morgan fingerprint density at radius 1 is 1.00 bits per heavy atom. The largest absolute Gasteiger partial charge is 0.433 e. The Morgan fingerprint density at radius 3 is 2.10 bits per heavy atom. The molecule has 21 heavy (non-hydrogen) atoms. The molecule has 0 unspecified atom stereocenters. The summed E-state index contributed by atoms with van der Waals surface area (Å²) in [6, 6.07) is 1.26. The van der Waals surface area contributed by atoms with Crippen molar-refractivity contribution in [1.29, 1.82) is 0 Å². The van der Waals surface area contributed by atoms with Gasteiger partial charge in [0.15, 0.2) is 11.6 Å². The maximum Gasteiger partial charge on any atom is 0.433 e. The lowest BCUT2D eigenvalue weighted by molar-refractivity contribution is -0.141. The van der Waals surface area contributed by atoms with Gasteiger partial charge in [-0.05, 0) is 6.07 Å². The number of nitrogen functional groups attached to an aromatic ring is 1. The van der Waals surface area contributed by atoms with Crippen molar-refractivity contribution in [2.45, 2.75) is 6.18 Å². The molecule has 0 fully saturated rings. The SMILES string of the molecule is Nc1cnc(C(F)(F)F)cc1Nc1c(F)cc(F)cc1F. The van der Waals surface area contributed by atoms with Gasteiger partial charge in [0.05, 0.1) is 17.6 Å². The standard InChI is InChI=1S/C12H7F6N3/c13-5-1-6(14)11(7(15)2-5)21-9-3-10(12(16,17)18)20-4-8(9)19/h1-4H,19H2,(H,20,21). The van der Waals surface area contributed by atoms with Crippen LogP contribution >= 0.6 is 0 Å². The van der Waals surface area contributed by atoms with Crippen LogP contribution in [0, 0.1) is 17.5 Å². The zero-order valence-corrected chi connectivity index (χ0v) is 10.1. The first kappa shape index (κ1) is 14.9. The number of pyridine rings is 1. The van der Waals surface area contributed by atoms with E-state index < -0.39 is 40.7 Å². The fraction of sp³-hybridized carbons (Fsp3) is 0.0833. The molecule has 2 rings (SSSR count). The molecule has 9 heteroatoms. The summed E-state index contributed by atoms with van der Waals surface area (Å²) in [5.74, 6) is -3.77. The predicted molar refractivity (Wildman–Crippen MR) is 63.3 cm³/mol. The number of benzene rings is 1. The highest BCUT2D eigenvalue weighted by molar-refractivity contribution is 5.72. The first-order valence-electron chi connectivity index (χ1n) is 5.43. The van der Waals surface area contributed by atoms with Gasteiger partial charge in [0.2, 0.25) is 0 Å². The minimum atomic E-state index is -4.75. The van der Waals surface area contributed by atoms with Gasteiger partial charge in [-0.3, -0.25) is 0 Å². The molecular formula is C12H7F6N3. The molecule has 1 aromatic heterocycles. The quantitative estimate of drug-likeness (QED) is 0.829. The van der Waals surface area contributed by atoms with Crippen molar-refractivity contribution in [2.24, 2.45) is 0 Å². The topological polar surface area (TPSA) is 50.9 Å². The van der Waals surface area contributed by atoms with Gasteiger partial charge in [0.1, 0.15) is 17.2 Å². The third-order valence-corrected chi connectivity index (χ3v) is 2.49. The molecule has 0 amide bonds. The first-order valence-corrected chi connectivity index (χ1v) is 5.43. The van der Waals surface area contributed by atoms with Gasteiger partial charge in [-0.15, -0.1) is 0 Å². The van der Waals surface area contributed by atoms with E-state index >= 15 is 0 Å². The van der Waals surface area contributed by atoms with Crippen LogP contribution in [0.4, 0.5) is 43.4 Å². The second-order valence-corrected chi connectivity index (χ2v) is 4.02. The molecule has 0 saturated heterocycles. The fourth-order valence-electron chi connectivity index (χ4n) is 1.53. The Hall–Kier alpha value is -2.45. The molecule has 0 bridgehead atoms. The zero-order chi connectivity index (χ0) is 15.8. The number of rotatable bonds is 2. The summed E-state index contributed by atoms with van der Waals surface area (Å²) in [6.45, 7) is 0. The van der Waals surface area contributed by atoms with Crippen LogP contribution in [-0.4, -0.2) is 4.98 Å². The molecule has 0 aliphatic rings. The van der Waals surface area contributed by atoms with E-state index in [1.54, 1.807) is 0 Å². The smallest absolute Gasteiger partial charge is 0.396 e. The fourth-order valence-corrected chi connectivity index (χ4v) is 1.53. The average Bonchev–Trinajstić information content (AvgIpc) is 2.34. The minimum absolute atomic E-state index is 0.258. The van der Waals surface area contributed by atoms with Crippen molar-refractivity contribution >= 4 is 17.1 Å². The van der Waals surface area contributed by atoms with Gasteiger partial charge in [0.25, 0.3) is 0 Å². The molecule has 1 heterocycles. The number of hydrogen-bond donors (Lipinski definition) is 2. The van der Waals surface area contributed by atoms with Crippen LogP contribution in [0.1, 0.15) is 5.69 Å². The van der Waals surface area contributed by atoms with Gasteiger partial charge in [-0.1, -0.05) is 0 Å². The molecule has 0 radical (unpaired) electrons. The summed E-state index contributed by atoms with van der Waals surface area (Å²) in [5, 5.41) is 2.07. The zero-order valence-electron chi connectivity index (χ0n) is 10.1. The molecule has 3 nitrogen and oxygen atoms in total. The van der Waals surface area contributed by atoms with Crippen LogP contribution in [0.3, 0.4) is 0 Å². The van der Waals surface area contributed by atoms with Crippen molar-refractivity contribution in [1.82, 2.24) is 4.98 Å². The van der Waals surface area contributed by atoms with Gasteiger partial charge in [-0.25, -0.2) is 18.2 Å². The van der Waals surface area contributed by atoms with Crippen LogP contribution in [0.25, 0.3) is 0 Å². The summed E-state index contributed by atoms with van der Waals surface area (Å²) >= 11 is 0. The molecule has 0 spiro atoms. The lowest BCUT2D eigenvalue weighted by Crippen LogP contribution is -2.10. The van der Waals surface area contributed by atoms with E-state index in [0.717, 1.165) is 0 Å². The maximum absolute atomic E-state index is 13.4. The van der Waals surface area contributed by atoms with Gasteiger partial charge >= 0.3 is 6.18 Å². The molecule has 3 N–H and O–H groups in total. The predicted octanol–water partition coefficient (Wildman–Crippen LogP) is 3.84. The van der Waals surface area contributed by atoms with Gasteiger partial charge < -0.3 is 11.1 Å². The van der Waals surface area contributed by atoms with E-state index in [1.807, 2.05) is 0 Å². The summed E-state index contributed by atoms with van der Waals surface area (Å²) in [6.07, 6.45) is -4.05. The number of aromatic nitrogens is 1. The number of hydrogen-bond acceptors (Lipinski definition) is 3. The number of nitrogens with one attached hydrogen (secondary N) is 1. The lowest BCUT2D eigenvalue weighted by Gasteiger charge is -2.13. The Bertz CT molecular complexity index is 660. The molecule has 0 atom stereocenters. The van der Waals surface area contributed by atoms with Crippen LogP contribution in [0.5, 0.6) is 0 Å². The van der Waals surface area contributed by atoms with Crippen LogP contribution < -0.4 is 11.1 Å². The highest BCUT2D eigenvalue weighted by Gasteiger charge is 2.33. The van der Waals surface area contributed by atoms with Crippen molar-refractivity contribution < 1.29 is 26.3 Å². The van der Waals surface area contributed by atoms with Crippen molar-refractivity contribution in [2.75, 3.05) is 11.1 Å². The Labute approximate surface area is 114 Å². The van der Waals surface area contributed by atoms with Gasteiger partial charge in [0, 0.05) is 12.1 Å². The third kappa shape index (κ3) is 3.18. The third-order valence-electron chi connectivity index (χ3n) is 2.49. The molecule has 0 aliphatic heterocycles. The summed E-state index contributed by atoms with van der Waals surface area (Å²) < 4.78 is 77.2. The van der Waals surface area contributed by atoms with Crippen molar-refractivity contribution in [3.8, 4) is 0 Å². The maximum atomic E-state index is 13.4. The Balaban J connectivity index is 2.45. The molecule has 112 valence electrons. The summed E-state index contributed by atoms with van der Waals surface area (Å²) in [7, 11) is 0. The van der Waals surface area contributed by atoms with E-state index in [2.05, 4.69) is 10.3 Å². The second kappa shape index (κ2) is 5.15. The normalized spacial score (nSPS) is 11.5. The summed E-state index contributed by atoms with van der Waals surface area (Å²) in [5.41, 5.74) is 2.63. The second-order valence-electron chi connectivity index (χ2n) is 4.02. The van der Waals surface area contributed by atoms with E-state index in [0.29, 0.717) is 24.4 Å². The van der Waals surface area contributed by atoms with E-state index in [1.165, 1.54) is 0 Å². The van der Waals surface area contributed by atoms with Gasteiger partial charge in [-0.2, -0.15) is 13.2 Å². The lowest BCUT2D eigenvalue weighted by atomic mass is 10.2. The number of nitrogens with two attached hydrogens (primary N) is 1. The molecule has 0 aliphatic carbocycles. The first-order chi connectivity index (χ1) is 9.68. The van der Waals surface area contributed by atoms with Crippen LogP contribution in [-0.2, 0) is 6.18 Å².